The summed E-state index contributed by atoms with van der Waals surface area (Å²) in [5.41, 5.74) is -0.149. The van der Waals surface area contributed by atoms with E-state index in [1.165, 1.54) is 32.0 Å². The summed E-state index contributed by atoms with van der Waals surface area (Å²) in [5.74, 6) is 0.674. The van der Waals surface area contributed by atoms with Crippen LogP contribution in [0, 0.1) is 34.3 Å². The standard InChI is InChI=1S/C22H27NO9/c1-6-7-18(26)16-8-9-19(17(10-16)23(27)28)31-22-21(30-15(5)25)13(3)12(2)20(32-22)11-29-14(4)24/h1,8-10,12-13,18,20-22,26H,7,11H2,2-5H3/t12-,13+,18?,20?,21?,22-/m1/s1. The molecule has 3 unspecified atom stereocenters. The minimum atomic E-state index is -1.19. The molecule has 10 nitrogen and oxygen atoms in total. The second-order valence-corrected chi connectivity index (χ2v) is 7.66. The Labute approximate surface area is 185 Å². The Morgan fingerprint density at radius 2 is 1.97 bits per heavy atom. The molecule has 6 atom stereocenters. The van der Waals surface area contributed by atoms with Gasteiger partial charge in [-0.2, -0.15) is 0 Å². The topological polar surface area (TPSA) is 134 Å². The highest BCUT2D eigenvalue weighted by atomic mass is 16.7. The summed E-state index contributed by atoms with van der Waals surface area (Å²) in [4.78, 5) is 33.9. The number of nitro benzene ring substituents is 1. The fourth-order valence-corrected chi connectivity index (χ4v) is 3.44. The first kappa shape index (κ1) is 25.1. The molecular formula is C22H27NO9. The van der Waals surface area contributed by atoms with E-state index in [2.05, 4.69) is 5.92 Å². The normalized spacial score (nSPS) is 25.8. The zero-order chi connectivity index (χ0) is 24.0. The fourth-order valence-electron chi connectivity index (χ4n) is 3.44. The van der Waals surface area contributed by atoms with Crippen LogP contribution < -0.4 is 4.74 Å². The predicted molar refractivity (Wildman–Crippen MR) is 111 cm³/mol. The number of hydrogen-bond donors (Lipinski definition) is 1. The molecule has 174 valence electrons. The molecule has 0 aliphatic carbocycles. The minimum Gasteiger partial charge on any atom is -0.463 e. The lowest BCUT2D eigenvalue weighted by Crippen LogP contribution is -2.54. The molecule has 1 saturated heterocycles. The summed E-state index contributed by atoms with van der Waals surface area (Å²) in [6.07, 6.45) is 1.49. The van der Waals surface area contributed by atoms with Crippen molar-refractivity contribution in [2.75, 3.05) is 6.61 Å². The van der Waals surface area contributed by atoms with Crippen molar-refractivity contribution >= 4 is 17.6 Å². The number of hydrogen-bond acceptors (Lipinski definition) is 9. The summed E-state index contributed by atoms with van der Waals surface area (Å²) in [6, 6.07) is 3.95. The lowest BCUT2D eigenvalue weighted by molar-refractivity contribution is -0.387. The second kappa shape index (κ2) is 10.9. The zero-order valence-corrected chi connectivity index (χ0v) is 18.3. The second-order valence-electron chi connectivity index (χ2n) is 7.66. The molecule has 0 bridgehead atoms. The molecule has 0 spiro atoms. The monoisotopic (exact) mass is 449 g/mol. The van der Waals surface area contributed by atoms with Gasteiger partial charge in [0.15, 0.2) is 11.9 Å². The molecule has 1 aromatic carbocycles. The van der Waals surface area contributed by atoms with Crippen molar-refractivity contribution in [2.24, 2.45) is 11.8 Å². The van der Waals surface area contributed by atoms with Crippen LogP contribution in [0.4, 0.5) is 5.69 Å². The van der Waals surface area contributed by atoms with Crippen molar-refractivity contribution in [2.45, 2.75) is 58.7 Å². The number of carbonyl (C=O) groups excluding carboxylic acids is 2. The first-order chi connectivity index (χ1) is 15.0. The van der Waals surface area contributed by atoms with Crippen LogP contribution >= 0.6 is 0 Å². The third kappa shape index (κ3) is 6.18. The van der Waals surface area contributed by atoms with Crippen LogP contribution in [-0.2, 0) is 23.8 Å². The molecule has 1 aliphatic rings. The number of terminal acetylenes is 1. The van der Waals surface area contributed by atoms with Gasteiger partial charge in [-0.25, -0.2) is 0 Å². The van der Waals surface area contributed by atoms with Crippen LogP contribution in [0.5, 0.6) is 5.75 Å². The molecule has 2 rings (SSSR count). The molecule has 1 heterocycles. The maximum absolute atomic E-state index is 11.7. The Kier molecular flexibility index (Phi) is 8.57. The van der Waals surface area contributed by atoms with Crippen molar-refractivity contribution in [3.8, 4) is 18.1 Å². The van der Waals surface area contributed by atoms with Gasteiger partial charge in [-0.05, 0) is 17.5 Å². The Hall–Kier alpha value is -3.16. The average Bonchev–Trinajstić information content (AvgIpc) is 2.72. The summed E-state index contributed by atoms with van der Waals surface area (Å²) < 4.78 is 22.2. The van der Waals surface area contributed by atoms with Crippen LogP contribution in [0.1, 0.15) is 45.8 Å². The van der Waals surface area contributed by atoms with E-state index in [0.29, 0.717) is 0 Å². The average molecular weight is 449 g/mol. The first-order valence-corrected chi connectivity index (χ1v) is 10.1. The molecule has 32 heavy (non-hydrogen) atoms. The Bertz CT molecular complexity index is 892. The largest absolute Gasteiger partial charge is 0.463 e. The lowest BCUT2D eigenvalue weighted by atomic mass is 9.83. The van der Waals surface area contributed by atoms with Crippen LogP contribution in [-0.4, -0.2) is 47.1 Å². The van der Waals surface area contributed by atoms with Gasteiger partial charge in [0.05, 0.1) is 17.1 Å². The number of benzene rings is 1. The third-order valence-electron chi connectivity index (χ3n) is 5.38. The molecule has 10 heteroatoms. The van der Waals surface area contributed by atoms with Gasteiger partial charge >= 0.3 is 17.6 Å². The van der Waals surface area contributed by atoms with Gasteiger partial charge < -0.3 is 24.1 Å². The van der Waals surface area contributed by atoms with Crippen molar-refractivity contribution in [3.63, 3.8) is 0 Å². The van der Waals surface area contributed by atoms with Gasteiger partial charge in [-0.1, -0.05) is 19.9 Å². The van der Waals surface area contributed by atoms with Gasteiger partial charge in [0.2, 0.25) is 6.29 Å². The van der Waals surface area contributed by atoms with Gasteiger partial charge in [0.25, 0.3) is 0 Å². The van der Waals surface area contributed by atoms with Crippen LogP contribution in [0.3, 0.4) is 0 Å². The highest BCUT2D eigenvalue weighted by Gasteiger charge is 2.45. The smallest absolute Gasteiger partial charge is 0.311 e. The molecule has 0 amide bonds. The van der Waals surface area contributed by atoms with Crippen LogP contribution in [0.15, 0.2) is 18.2 Å². The molecule has 1 aliphatic heterocycles. The molecule has 0 saturated carbocycles. The molecule has 0 radical (unpaired) electrons. The van der Waals surface area contributed by atoms with Gasteiger partial charge in [0.1, 0.15) is 6.61 Å². The molecule has 1 N–H and O–H groups in total. The number of ether oxygens (including phenoxy) is 4. The Balaban J connectivity index is 2.36. The van der Waals surface area contributed by atoms with E-state index in [-0.39, 0.29) is 36.2 Å². The summed E-state index contributed by atoms with van der Waals surface area (Å²) in [5, 5.41) is 21.7. The quantitative estimate of drug-likeness (QED) is 0.275. The Morgan fingerprint density at radius 1 is 1.28 bits per heavy atom. The number of carbonyl (C=O) groups is 2. The van der Waals surface area contributed by atoms with E-state index in [9.17, 15) is 24.8 Å². The predicted octanol–water partition coefficient (Wildman–Crippen LogP) is 2.52. The SMILES string of the molecule is C#CCC(O)c1ccc(O[C@@H]2OC(COC(C)=O)[C@H](C)[C@H](C)C2OC(C)=O)c([N+](=O)[O-])c1. The van der Waals surface area contributed by atoms with E-state index < -0.39 is 47.2 Å². The van der Waals surface area contributed by atoms with E-state index in [4.69, 9.17) is 25.4 Å². The van der Waals surface area contributed by atoms with Crippen molar-refractivity contribution in [1.29, 1.82) is 0 Å². The highest BCUT2D eigenvalue weighted by Crippen LogP contribution is 2.37. The maximum Gasteiger partial charge on any atom is 0.311 e. The molecular weight excluding hydrogens is 422 g/mol. The Morgan fingerprint density at radius 3 is 2.53 bits per heavy atom. The van der Waals surface area contributed by atoms with Gasteiger partial charge in [-0.3, -0.25) is 19.7 Å². The van der Waals surface area contributed by atoms with Crippen molar-refractivity contribution in [1.82, 2.24) is 0 Å². The summed E-state index contributed by atoms with van der Waals surface area (Å²) >= 11 is 0. The number of nitro groups is 1. The summed E-state index contributed by atoms with van der Waals surface area (Å²) in [6.45, 7) is 6.14. The highest BCUT2D eigenvalue weighted by molar-refractivity contribution is 5.66. The van der Waals surface area contributed by atoms with Crippen molar-refractivity contribution in [3.05, 3.63) is 33.9 Å². The number of aliphatic hydroxyl groups excluding tert-OH is 1. The molecule has 0 aromatic heterocycles. The van der Waals surface area contributed by atoms with Gasteiger partial charge in [-0.15, -0.1) is 12.3 Å². The maximum atomic E-state index is 11.7. The van der Waals surface area contributed by atoms with Crippen LogP contribution in [0.2, 0.25) is 0 Å². The van der Waals surface area contributed by atoms with E-state index in [1.807, 2.05) is 13.8 Å². The van der Waals surface area contributed by atoms with Crippen molar-refractivity contribution < 1.29 is 38.6 Å². The number of aliphatic hydroxyl groups is 1. The van der Waals surface area contributed by atoms with E-state index in [0.717, 1.165) is 0 Å². The number of nitrogens with zero attached hydrogens (tertiary/aromatic N) is 1. The number of rotatable bonds is 8. The lowest BCUT2D eigenvalue weighted by Gasteiger charge is -2.43. The van der Waals surface area contributed by atoms with E-state index in [1.54, 1.807) is 0 Å². The zero-order valence-electron chi connectivity index (χ0n) is 18.3. The summed E-state index contributed by atoms with van der Waals surface area (Å²) in [7, 11) is 0. The number of esters is 2. The van der Waals surface area contributed by atoms with Crippen LogP contribution in [0.25, 0.3) is 0 Å². The fraction of sp³-hybridized carbons (Fsp3) is 0.545. The molecule has 1 fully saturated rings. The van der Waals surface area contributed by atoms with Gasteiger partial charge in [0, 0.05) is 32.3 Å². The first-order valence-electron chi connectivity index (χ1n) is 10.1. The van der Waals surface area contributed by atoms with E-state index >= 15 is 0 Å². The molecule has 1 aromatic rings. The minimum absolute atomic E-state index is 0.00908. The third-order valence-corrected chi connectivity index (χ3v) is 5.38.